The molecule has 0 N–H and O–H groups in total. The van der Waals surface area contributed by atoms with Crippen LogP contribution in [0.2, 0.25) is 0 Å². The van der Waals surface area contributed by atoms with Gasteiger partial charge in [0.2, 0.25) is 0 Å². The van der Waals surface area contributed by atoms with E-state index in [2.05, 4.69) is 15.9 Å². The van der Waals surface area contributed by atoms with Crippen LogP contribution in [0.5, 0.6) is 0 Å². The van der Waals surface area contributed by atoms with E-state index in [0.29, 0.717) is 5.56 Å². The Hall–Kier alpha value is -0.830. The zero-order valence-corrected chi connectivity index (χ0v) is 9.87. The van der Waals surface area contributed by atoms with Crippen LogP contribution in [0.1, 0.15) is 29.3 Å². The van der Waals surface area contributed by atoms with Crippen molar-refractivity contribution in [3.8, 4) is 0 Å². The van der Waals surface area contributed by atoms with Crippen molar-refractivity contribution in [1.82, 2.24) is 0 Å². The molecule has 2 nitrogen and oxygen atoms in total. The molecular formula is C11H13BrO2. The van der Waals surface area contributed by atoms with Crippen molar-refractivity contribution in [2.75, 3.05) is 0 Å². The average Bonchev–Trinajstić information content (AvgIpc) is 2.17. The second-order valence-corrected chi connectivity index (χ2v) is 4.11. The van der Waals surface area contributed by atoms with Gasteiger partial charge in [-0.15, -0.1) is 0 Å². The molecule has 3 heteroatoms. The number of hydrogen-bond donors (Lipinski definition) is 0. The molecule has 0 fully saturated rings. The Balaban J connectivity index is 2.70. The van der Waals surface area contributed by atoms with Gasteiger partial charge in [-0.25, -0.2) is 4.79 Å². The first-order valence-corrected chi connectivity index (χ1v) is 5.46. The molecule has 0 aliphatic heterocycles. The van der Waals surface area contributed by atoms with Gasteiger partial charge in [-0.1, -0.05) is 24.6 Å². The number of carbonyl (C=O) groups is 1. The molecule has 1 unspecified atom stereocenters. The summed E-state index contributed by atoms with van der Waals surface area (Å²) in [6, 6.07) is 7.37. The topological polar surface area (TPSA) is 26.3 Å². The maximum atomic E-state index is 11.5. The highest BCUT2D eigenvalue weighted by molar-refractivity contribution is 9.09. The number of hydrogen-bond acceptors (Lipinski definition) is 2. The molecule has 0 saturated carbocycles. The normalized spacial score (nSPS) is 12.2. The predicted molar refractivity (Wildman–Crippen MR) is 59.6 cm³/mol. The molecule has 0 aromatic heterocycles. The summed E-state index contributed by atoms with van der Waals surface area (Å²) >= 11 is 3.25. The number of alkyl halides is 1. The first kappa shape index (κ1) is 11.2. The third-order valence-corrected chi connectivity index (χ3v) is 2.64. The van der Waals surface area contributed by atoms with Crippen LogP contribution < -0.4 is 0 Å². The van der Waals surface area contributed by atoms with Crippen molar-refractivity contribution in [1.29, 1.82) is 0 Å². The Kier molecular flexibility index (Phi) is 4.14. The highest BCUT2D eigenvalue weighted by atomic mass is 79.9. The minimum atomic E-state index is -0.280. The summed E-state index contributed by atoms with van der Waals surface area (Å²) in [5.74, 6) is -0.280. The van der Waals surface area contributed by atoms with E-state index in [1.807, 2.05) is 32.0 Å². The van der Waals surface area contributed by atoms with E-state index in [9.17, 15) is 4.79 Å². The van der Waals surface area contributed by atoms with Crippen molar-refractivity contribution in [3.05, 3.63) is 35.4 Å². The Labute approximate surface area is 92.4 Å². The summed E-state index contributed by atoms with van der Waals surface area (Å²) < 4.78 is 5.12. The fourth-order valence-electron chi connectivity index (χ4n) is 1.04. The first-order valence-electron chi connectivity index (χ1n) is 4.55. The van der Waals surface area contributed by atoms with Gasteiger partial charge in [-0.05, 0) is 41.4 Å². The summed E-state index contributed by atoms with van der Waals surface area (Å²) in [5, 5.41) is -0.199. The van der Waals surface area contributed by atoms with Crippen LogP contribution in [0.25, 0.3) is 0 Å². The van der Waals surface area contributed by atoms with Gasteiger partial charge in [0.1, 0.15) is 0 Å². The molecule has 0 aliphatic carbocycles. The lowest BCUT2D eigenvalue weighted by atomic mass is 10.1. The molecule has 0 saturated heterocycles. The van der Waals surface area contributed by atoms with Gasteiger partial charge in [-0.2, -0.15) is 0 Å². The maximum absolute atomic E-state index is 11.5. The van der Waals surface area contributed by atoms with Gasteiger partial charge in [0.25, 0.3) is 0 Å². The van der Waals surface area contributed by atoms with Gasteiger partial charge in [-0.3, -0.25) is 0 Å². The quantitative estimate of drug-likeness (QED) is 0.613. The number of carbonyl (C=O) groups excluding carboxylic acids is 1. The van der Waals surface area contributed by atoms with Crippen molar-refractivity contribution < 1.29 is 9.53 Å². The van der Waals surface area contributed by atoms with Gasteiger partial charge >= 0.3 is 5.97 Å². The molecule has 14 heavy (non-hydrogen) atoms. The highest BCUT2D eigenvalue weighted by Gasteiger charge is 2.10. The van der Waals surface area contributed by atoms with Gasteiger partial charge in [0.05, 0.1) is 5.56 Å². The minimum Gasteiger partial charge on any atom is -0.447 e. The van der Waals surface area contributed by atoms with Crippen molar-refractivity contribution in [2.45, 2.75) is 25.3 Å². The summed E-state index contributed by atoms with van der Waals surface area (Å²) in [4.78, 5) is 11.5. The lowest BCUT2D eigenvalue weighted by molar-refractivity contribution is 0.0464. The standard InChI is InChI=1S/C11H13BrO2/c1-3-10(12)14-11(13)9-6-4-5-8(2)7-9/h4-7,10H,3H2,1-2H3. The van der Waals surface area contributed by atoms with E-state index in [4.69, 9.17) is 4.74 Å². The van der Waals surface area contributed by atoms with E-state index >= 15 is 0 Å². The summed E-state index contributed by atoms with van der Waals surface area (Å²) in [7, 11) is 0. The Bertz CT molecular complexity index is 323. The largest absolute Gasteiger partial charge is 0.447 e. The Morgan fingerprint density at radius 1 is 1.57 bits per heavy atom. The van der Waals surface area contributed by atoms with Crippen LogP contribution in [0.15, 0.2) is 24.3 Å². The average molecular weight is 257 g/mol. The highest BCUT2D eigenvalue weighted by Crippen LogP contribution is 2.11. The van der Waals surface area contributed by atoms with Crippen molar-refractivity contribution in [3.63, 3.8) is 0 Å². The maximum Gasteiger partial charge on any atom is 0.339 e. The fraction of sp³-hybridized carbons (Fsp3) is 0.364. The van der Waals surface area contributed by atoms with Gasteiger partial charge in [0, 0.05) is 0 Å². The van der Waals surface area contributed by atoms with Crippen LogP contribution in [-0.4, -0.2) is 11.0 Å². The molecular weight excluding hydrogens is 244 g/mol. The lowest BCUT2D eigenvalue weighted by Gasteiger charge is -2.09. The number of halogens is 1. The lowest BCUT2D eigenvalue weighted by Crippen LogP contribution is -2.11. The zero-order chi connectivity index (χ0) is 10.6. The monoisotopic (exact) mass is 256 g/mol. The molecule has 1 atom stereocenters. The van der Waals surface area contributed by atoms with Crippen LogP contribution in [-0.2, 0) is 4.74 Å². The Morgan fingerprint density at radius 2 is 2.29 bits per heavy atom. The molecule has 76 valence electrons. The number of rotatable bonds is 3. The molecule has 1 aromatic rings. The third-order valence-electron chi connectivity index (χ3n) is 1.81. The smallest absolute Gasteiger partial charge is 0.339 e. The summed E-state index contributed by atoms with van der Waals surface area (Å²) in [6.45, 7) is 3.89. The molecule has 1 aromatic carbocycles. The van der Waals surface area contributed by atoms with Crippen molar-refractivity contribution in [2.24, 2.45) is 0 Å². The Morgan fingerprint density at radius 3 is 2.86 bits per heavy atom. The van der Waals surface area contributed by atoms with Crippen LogP contribution in [0, 0.1) is 6.92 Å². The SMILES string of the molecule is CCC(Br)OC(=O)c1cccc(C)c1. The van der Waals surface area contributed by atoms with E-state index in [1.54, 1.807) is 6.07 Å². The van der Waals surface area contributed by atoms with E-state index in [-0.39, 0.29) is 11.0 Å². The molecule has 0 aliphatic rings. The second-order valence-electron chi connectivity index (χ2n) is 3.09. The number of esters is 1. The second kappa shape index (κ2) is 5.15. The molecule has 0 spiro atoms. The van der Waals surface area contributed by atoms with Gasteiger partial charge in [0.15, 0.2) is 5.01 Å². The number of aryl methyl sites for hydroxylation is 1. The number of benzene rings is 1. The zero-order valence-electron chi connectivity index (χ0n) is 8.29. The van der Waals surface area contributed by atoms with Crippen LogP contribution in [0.4, 0.5) is 0 Å². The molecule has 0 bridgehead atoms. The number of ether oxygens (including phenoxy) is 1. The van der Waals surface area contributed by atoms with Crippen molar-refractivity contribution >= 4 is 21.9 Å². The predicted octanol–water partition coefficient (Wildman–Crippen LogP) is 3.28. The first-order chi connectivity index (χ1) is 6.63. The van der Waals surface area contributed by atoms with Gasteiger partial charge < -0.3 is 4.74 Å². The molecule has 0 radical (unpaired) electrons. The van der Waals surface area contributed by atoms with E-state index in [1.165, 1.54) is 0 Å². The molecule has 1 rings (SSSR count). The fourth-order valence-corrected chi connectivity index (χ4v) is 1.21. The van der Waals surface area contributed by atoms with Crippen LogP contribution >= 0.6 is 15.9 Å². The van der Waals surface area contributed by atoms with E-state index < -0.39 is 0 Å². The summed E-state index contributed by atoms with van der Waals surface area (Å²) in [5.41, 5.74) is 1.66. The minimum absolute atomic E-state index is 0.199. The summed E-state index contributed by atoms with van der Waals surface area (Å²) in [6.07, 6.45) is 0.761. The third kappa shape index (κ3) is 3.14. The molecule has 0 amide bonds. The van der Waals surface area contributed by atoms with Crippen LogP contribution in [0.3, 0.4) is 0 Å². The van der Waals surface area contributed by atoms with E-state index in [0.717, 1.165) is 12.0 Å². The molecule has 0 heterocycles.